The van der Waals surface area contributed by atoms with E-state index in [1.54, 1.807) is 25.1 Å². The van der Waals surface area contributed by atoms with Crippen LogP contribution < -0.4 is 10.1 Å². The molecule has 1 atom stereocenters. The third kappa shape index (κ3) is 6.52. The molecule has 2 aromatic carbocycles. The summed E-state index contributed by atoms with van der Waals surface area (Å²) in [6, 6.07) is 9.36. The van der Waals surface area contributed by atoms with E-state index in [2.05, 4.69) is 25.5 Å². The molecule has 2 aromatic heterocycles. The van der Waals surface area contributed by atoms with Crippen molar-refractivity contribution in [2.45, 2.75) is 44.8 Å². The zero-order valence-electron chi connectivity index (χ0n) is 21.3. The van der Waals surface area contributed by atoms with Crippen molar-refractivity contribution in [1.82, 2.24) is 29.5 Å². The highest BCUT2D eigenvalue weighted by Gasteiger charge is 2.38. The van der Waals surface area contributed by atoms with Crippen molar-refractivity contribution in [3.8, 4) is 11.4 Å². The van der Waals surface area contributed by atoms with Crippen LogP contribution in [0.3, 0.4) is 0 Å². The highest BCUT2D eigenvalue weighted by molar-refractivity contribution is 5.73. The lowest BCUT2D eigenvalue weighted by molar-refractivity contribution is -0.192. The van der Waals surface area contributed by atoms with Gasteiger partial charge < -0.3 is 15.2 Å². The predicted octanol–water partition coefficient (Wildman–Crippen LogP) is 5.15. The number of aliphatic carboxylic acids is 1. The molecule has 1 unspecified atom stereocenters. The van der Waals surface area contributed by atoms with E-state index in [1.807, 2.05) is 4.68 Å². The van der Waals surface area contributed by atoms with Gasteiger partial charge in [0.15, 0.2) is 0 Å². The number of halogens is 5. The standard InChI is InChI=1S/C23H23F2N7O.C2HF3O2/c1-14-26-13-32(29-14)20-11-18(25)19(12-21(20)33-2)27-23-28-22-17(5-3-4-10-31(22)30-23)15-6-8-16(24)9-7-15;3-2(4,5)1(6)7/h6-9,11-13,17H,3-5,10H2,1-2H3,(H,27,30);(H,6,7). The van der Waals surface area contributed by atoms with Gasteiger partial charge in [0.1, 0.15) is 41.0 Å². The number of alkyl halides is 3. The summed E-state index contributed by atoms with van der Waals surface area (Å²) in [5.74, 6) is -1.47. The Labute approximate surface area is 224 Å². The summed E-state index contributed by atoms with van der Waals surface area (Å²) in [6.45, 7) is 2.47. The van der Waals surface area contributed by atoms with E-state index >= 15 is 0 Å². The number of anilines is 2. The first kappa shape index (κ1) is 28.4. The fourth-order valence-electron chi connectivity index (χ4n) is 4.14. The molecule has 40 heavy (non-hydrogen) atoms. The topological polar surface area (TPSA) is 120 Å². The predicted molar refractivity (Wildman–Crippen MR) is 132 cm³/mol. The zero-order valence-corrected chi connectivity index (χ0v) is 21.3. The Balaban J connectivity index is 0.000000470. The van der Waals surface area contributed by atoms with E-state index in [0.717, 1.165) is 37.2 Å². The molecule has 2 N–H and O–H groups in total. The van der Waals surface area contributed by atoms with Crippen molar-refractivity contribution in [2.24, 2.45) is 0 Å². The Morgan fingerprint density at radius 3 is 2.42 bits per heavy atom. The number of methoxy groups -OCH3 is 1. The molecule has 3 heterocycles. The summed E-state index contributed by atoms with van der Waals surface area (Å²) < 4.78 is 68.9. The molecule has 212 valence electrons. The van der Waals surface area contributed by atoms with Gasteiger partial charge in [-0.25, -0.2) is 27.9 Å². The van der Waals surface area contributed by atoms with E-state index in [-0.39, 0.29) is 17.4 Å². The first-order valence-electron chi connectivity index (χ1n) is 12.0. The lowest BCUT2D eigenvalue weighted by atomic mass is 9.93. The van der Waals surface area contributed by atoms with Crippen LogP contribution in [-0.2, 0) is 11.3 Å². The number of carbonyl (C=O) groups is 1. The van der Waals surface area contributed by atoms with Crippen molar-refractivity contribution in [1.29, 1.82) is 0 Å². The van der Waals surface area contributed by atoms with E-state index in [9.17, 15) is 22.0 Å². The Hall–Kier alpha value is -4.56. The molecule has 0 bridgehead atoms. The van der Waals surface area contributed by atoms with Crippen LogP contribution in [0.2, 0.25) is 0 Å². The fraction of sp³-hybridized carbons (Fsp3) is 0.320. The van der Waals surface area contributed by atoms with E-state index in [4.69, 9.17) is 14.6 Å². The maximum atomic E-state index is 15.0. The molecule has 0 radical (unpaired) electrons. The fourth-order valence-corrected chi connectivity index (χ4v) is 4.14. The smallest absolute Gasteiger partial charge is 0.490 e. The average molecular weight is 566 g/mol. The van der Waals surface area contributed by atoms with E-state index in [0.29, 0.717) is 23.2 Å². The number of ether oxygens (including phenoxy) is 1. The molecule has 0 saturated carbocycles. The summed E-state index contributed by atoms with van der Waals surface area (Å²) in [6.07, 6.45) is -0.714. The zero-order chi connectivity index (χ0) is 29.0. The number of aromatic nitrogens is 6. The number of hydrogen-bond acceptors (Lipinski definition) is 7. The van der Waals surface area contributed by atoms with Crippen molar-refractivity contribution in [3.63, 3.8) is 0 Å². The molecule has 10 nitrogen and oxygen atoms in total. The number of nitrogens with zero attached hydrogens (tertiary/aromatic N) is 6. The average Bonchev–Trinajstić information content (AvgIpc) is 3.46. The number of benzene rings is 2. The molecule has 0 aliphatic carbocycles. The van der Waals surface area contributed by atoms with Gasteiger partial charge in [0.25, 0.3) is 0 Å². The van der Waals surface area contributed by atoms with Gasteiger partial charge in [0.05, 0.1) is 12.8 Å². The number of carboxylic acid groups (broad SMARTS) is 1. The van der Waals surface area contributed by atoms with Gasteiger partial charge in [-0.15, -0.1) is 5.10 Å². The molecule has 15 heteroatoms. The largest absolute Gasteiger partial charge is 0.494 e. The van der Waals surface area contributed by atoms with Crippen LogP contribution in [0, 0.1) is 18.6 Å². The van der Waals surface area contributed by atoms with Crippen molar-refractivity contribution < 1.29 is 36.6 Å². The lowest BCUT2D eigenvalue weighted by Crippen LogP contribution is -2.21. The number of aryl methyl sites for hydroxylation is 2. The van der Waals surface area contributed by atoms with Crippen LogP contribution in [0.5, 0.6) is 5.75 Å². The number of fused-ring (bicyclic) bond motifs is 1. The summed E-state index contributed by atoms with van der Waals surface area (Å²) in [5.41, 5.74) is 1.61. The maximum Gasteiger partial charge on any atom is 0.490 e. The highest BCUT2D eigenvalue weighted by atomic mass is 19.4. The van der Waals surface area contributed by atoms with E-state index in [1.165, 1.54) is 36.3 Å². The Bertz CT molecular complexity index is 1490. The van der Waals surface area contributed by atoms with Crippen LogP contribution in [-0.4, -0.2) is 53.9 Å². The number of carboxylic acids is 1. The Kier molecular flexibility index (Phi) is 8.30. The van der Waals surface area contributed by atoms with Gasteiger partial charge >= 0.3 is 12.1 Å². The summed E-state index contributed by atoms with van der Waals surface area (Å²) in [5, 5.41) is 18.9. The quantitative estimate of drug-likeness (QED) is 0.319. The number of nitrogens with one attached hydrogen (secondary N) is 1. The monoisotopic (exact) mass is 565 g/mol. The molecule has 0 saturated heterocycles. The van der Waals surface area contributed by atoms with Crippen LogP contribution in [0.25, 0.3) is 5.69 Å². The second-order valence-electron chi connectivity index (χ2n) is 8.78. The minimum atomic E-state index is -5.08. The number of rotatable bonds is 5. The first-order valence-corrected chi connectivity index (χ1v) is 12.0. The Morgan fingerprint density at radius 1 is 1.12 bits per heavy atom. The third-order valence-corrected chi connectivity index (χ3v) is 6.01. The van der Waals surface area contributed by atoms with Gasteiger partial charge in [0.2, 0.25) is 5.95 Å². The van der Waals surface area contributed by atoms with Crippen LogP contribution in [0.1, 0.15) is 42.4 Å². The molecular formula is C25H24F5N7O3. The molecule has 1 aliphatic rings. The van der Waals surface area contributed by atoms with Crippen LogP contribution >= 0.6 is 0 Å². The minimum absolute atomic E-state index is 0.00605. The van der Waals surface area contributed by atoms with E-state index < -0.39 is 18.0 Å². The van der Waals surface area contributed by atoms with Crippen LogP contribution in [0.15, 0.2) is 42.7 Å². The van der Waals surface area contributed by atoms with Gasteiger partial charge in [-0.1, -0.05) is 18.6 Å². The molecule has 0 amide bonds. The Morgan fingerprint density at radius 2 is 1.82 bits per heavy atom. The lowest BCUT2D eigenvalue weighted by Gasteiger charge is -2.14. The summed E-state index contributed by atoms with van der Waals surface area (Å²) in [7, 11) is 1.51. The van der Waals surface area contributed by atoms with Gasteiger partial charge in [-0.2, -0.15) is 23.3 Å². The number of hydrogen-bond donors (Lipinski definition) is 2. The molecule has 4 aromatic rings. The van der Waals surface area contributed by atoms with Crippen molar-refractivity contribution in [3.05, 3.63) is 71.6 Å². The van der Waals surface area contributed by atoms with Gasteiger partial charge in [0, 0.05) is 24.6 Å². The highest BCUT2D eigenvalue weighted by Crippen LogP contribution is 2.34. The van der Waals surface area contributed by atoms with Gasteiger partial charge in [-0.3, -0.25) is 0 Å². The summed E-state index contributed by atoms with van der Waals surface area (Å²) in [4.78, 5) is 17.7. The molecule has 0 spiro atoms. The molecule has 0 fully saturated rings. The first-order chi connectivity index (χ1) is 19.0. The normalized spacial score (nSPS) is 14.9. The second kappa shape index (κ2) is 11.7. The molecular weight excluding hydrogens is 541 g/mol. The SMILES string of the molecule is COc1cc(Nc2nc3n(n2)CCCCC3c2ccc(F)cc2)c(F)cc1-n1cnc(C)n1.O=C(O)C(F)(F)F. The van der Waals surface area contributed by atoms with Crippen molar-refractivity contribution in [2.75, 3.05) is 12.4 Å². The van der Waals surface area contributed by atoms with Gasteiger partial charge in [-0.05, 0) is 37.5 Å². The molecule has 5 rings (SSSR count). The second-order valence-corrected chi connectivity index (χ2v) is 8.78. The minimum Gasteiger partial charge on any atom is -0.494 e. The molecule has 1 aliphatic heterocycles. The van der Waals surface area contributed by atoms with Crippen LogP contribution in [0.4, 0.5) is 33.6 Å². The third-order valence-electron chi connectivity index (χ3n) is 6.01. The summed E-state index contributed by atoms with van der Waals surface area (Å²) >= 11 is 0. The maximum absolute atomic E-state index is 15.0. The van der Waals surface area contributed by atoms with Crippen molar-refractivity contribution >= 4 is 17.6 Å².